The lowest BCUT2D eigenvalue weighted by molar-refractivity contribution is -0.384. The zero-order valence-corrected chi connectivity index (χ0v) is 13.2. The minimum Gasteiger partial charge on any atom is -0.350 e. The number of anilines is 1. The SMILES string of the molecule is CCCc1nn(C)c(N(CCC#N)CC(C)C)c1[N+](=O)[O-]. The van der Waals surface area contributed by atoms with Gasteiger partial charge in [0.1, 0.15) is 5.69 Å². The van der Waals surface area contributed by atoms with E-state index in [9.17, 15) is 10.1 Å². The van der Waals surface area contributed by atoms with E-state index < -0.39 is 0 Å². The summed E-state index contributed by atoms with van der Waals surface area (Å²) in [6.07, 6.45) is 1.72. The van der Waals surface area contributed by atoms with Gasteiger partial charge in [-0.1, -0.05) is 27.2 Å². The van der Waals surface area contributed by atoms with Crippen LogP contribution in [0.2, 0.25) is 0 Å². The van der Waals surface area contributed by atoms with Gasteiger partial charge in [0, 0.05) is 20.1 Å². The molecule has 1 heterocycles. The Labute approximate surface area is 125 Å². The van der Waals surface area contributed by atoms with E-state index in [-0.39, 0.29) is 10.6 Å². The average Bonchev–Trinajstić information content (AvgIpc) is 2.71. The van der Waals surface area contributed by atoms with Crippen molar-refractivity contribution in [3.63, 3.8) is 0 Å². The first-order valence-electron chi connectivity index (χ1n) is 7.24. The summed E-state index contributed by atoms with van der Waals surface area (Å²) in [6, 6.07) is 2.10. The normalized spacial score (nSPS) is 10.7. The average molecular weight is 293 g/mol. The Hall–Kier alpha value is -2.10. The quantitative estimate of drug-likeness (QED) is 0.543. The third-order valence-electron chi connectivity index (χ3n) is 3.11. The van der Waals surface area contributed by atoms with Crippen LogP contribution in [0.3, 0.4) is 0 Å². The molecule has 116 valence electrons. The summed E-state index contributed by atoms with van der Waals surface area (Å²) in [6.45, 7) is 7.21. The number of aromatic nitrogens is 2. The van der Waals surface area contributed by atoms with Crippen LogP contribution in [-0.4, -0.2) is 27.8 Å². The van der Waals surface area contributed by atoms with Gasteiger partial charge < -0.3 is 4.90 Å². The van der Waals surface area contributed by atoms with Gasteiger partial charge in [0.05, 0.1) is 17.4 Å². The summed E-state index contributed by atoms with van der Waals surface area (Å²) in [7, 11) is 1.72. The minimum absolute atomic E-state index is 0.0814. The predicted molar refractivity (Wildman–Crippen MR) is 81.1 cm³/mol. The zero-order valence-electron chi connectivity index (χ0n) is 13.2. The maximum Gasteiger partial charge on any atom is 0.334 e. The highest BCUT2D eigenvalue weighted by molar-refractivity contribution is 5.61. The second kappa shape index (κ2) is 7.62. The highest BCUT2D eigenvalue weighted by Gasteiger charge is 2.30. The molecule has 0 amide bonds. The van der Waals surface area contributed by atoms with Crippen LogP contribution in [0.25, 0.3) is 0 Å². The smallest absolute Gasteiger partial charge is 0.334 e. The molecule has 1 aromatic heterocycles. The van der Waals surface area contributed by atoms with Crippen molar-refractivity contribution in [2.24, 2.45) is 13.0 Å². The van der Waals surface area contributed by atoms with Crippen LogP contribution >= 0.6 is 0 Å². The number of nitro groups is 1. The van der Waals surface area contributed by atoms with Crippen molar-refractivity contribution >= 4 is 11.5 Å². The van der Waals surface area contributed by atoms with Crippen molar-refractivity contribution in [3.05, 3.63) is 15.8 Å². The molecule has 0 saturated carbocycles. The van der Waals surface area contributed by atoms with Gasteiger partial charge in [-0.2, -0.15) is 10.4 Å². The summed E-state index contributed by atoms with van der Waals surface area (Å²) in [4.78, 5) is 13.0. The maximum atomic E-state index is 11.5. The predicted octanol–water partition coefficient (Wildman–Crippen LogP) is 2.66. The van der Waals surface area contributed by atoms with Crippen LogP contribution in [0.5, 0.6) is 0 Å². The lowest BCUT2D eigenvalue weighted by Gasteiger charge is -2.24. The fraction of sp³-hybridized carbons (Fsp3) is 0.714. The van der Waals surface area contributed by atoms with Crippen LogP contribution in [0.1, 0.15) is 39.3 Å². The zero-order chi connectivity index (χ0) is 16.0. The van der Waals surface area contributed by atoms with Gasteiger partial charge in [-0.15, -0.1) is 0 Å². The molecule has 0 unspecified atom stereocenters. The first-order chi connectivity index (χ1) is 9.92. The first kappa shape index (κ1) is 17.0. The van der Waals surface area contributed by atoms with Crippen molar-refractivity contribution in [1.29, 1.82) is 5.26 Å². The molecule has 0 spiro atoms. The van der Waals surface area contributed by atoms with Gasteiger partial charge in [0.25, 0.3) is 0 Å². The van der Waals surface area contributed by atoms with Crippen LogP contribution in [-0.2, 0) is 13.5 Å². The van der Waals surface area contributed by atoms with Gasteiger partial charge in [0.15, 0.2) is 0 Å². The summed E-state index contributed by atoms with van der Waals surface area (Å²) < 4.78 is 1.57. The Morgan fingerprint density at radius 2 is 2.19 bits per heavy atom. The summed E-state index contributed by atoms with van der Waals surface area (Å²) in [5.74, 6) is 0.847. The van der Waals surface area contributed by atoms with Crippen molar-refractivity contribution in [2.45, 2.75) is 40.0 Å². The molecule has 0 aromatic carbocycles. The number of rotatable bonds is 8. The molecule has 0 bridgehead atoms. The monoisotopic (exact) mass is 293 g/mol. The second-order valence-corrected chi connectivity index (χ2v) is 5.50. The number of aryl methyl sites for hydroxylation is 2. The van der Waals surface area contributed by atoms with E-state index in [4.69, 9.17) is 5.26 Å². The fourth-order valence-electron chi connectivity index (χ4n) is 2.41. The van der Waals surface area contributed by atoms with E-state index in [1.807, 2.05) is 11.8 Å². The molecule has 0 aliphatic heterocycles. The van der Waals surface area contributed by atoms with Gasteiger partial charge in [-0.3, -0.25) is 10.1 Å². The third kappa shape index (κ3) is 4.18. The van der Waals surface area contributed by atoms with Gasteiger partial charge in [-0.25, -0.2) is 4.68 Å². The molecule has 0 aliphatic carbocycles. The highest BCUT2D eigenvalue weighted by Crippen LogP contribution is 2.32. The lowest BCUT2D eigenvalue weighted by Crippen LogP contribution is -2.30. The van der Waals surface area contributed by atoms with Crippen LogP contribution in [0, 0.1) is 27.4 Å². The molecule has 0 atom stereocenters. The van der Waals surface area contributed by atoms with E-state index in [1.54, 1.807) is 11.7 Å². The van der Waals surface area contributed by atoms with Crippen molar-refractivity contribution in [3.8, 4) is 6.07 Å². The molecule has 0 saturated heterocycles. The van der Waals surface area contributed by atoms with E-state index >= 15 is 0 Å². The van der Waals surface area contributed by atoms with Crippen LogP contribution in [0.15, 0.2) is 0 Å². The van der Waals surface area contributed by atoms with E-state index in [2.05, 4.69) is 25.0 Å². The number of hydrogen-bond acceptors (Lipinski definition) is 5. The van der Waals surface area contributed by atoms with E-state index in [0.29, 0.717) is 43.4 Å². The van der Waals surface area contributed by atoms with E-state index in [1.165, 1.54) is 0 Å². The third-order valence-corrected chi connectivity index (χ3v) is 3.11. The van der Waals surface area contributed by atoms with Gasteiger partial charge >= 0.3 is 5.69 Å². The summed E-state index contributed by atoms with van der Waals surface area (Å²) >= 11 is 0. The Morgan fingerprint density at radius 3 is 2.67 bits per heavy atom. The molecule has 7 nitrogen and oxygen atoms in total. The summed E-state index contributed by atoms with van der Waals surface area (Å²) in [5, 5.41) is 24.6. The number of hydrogen-bond donors (Lipinski definition) is 0. The molecule has 0 aliphatic rings. The van der Waals surface area contributed by atoms with Crippen LogP contribution < -0.4 is 4.90 Å². The molecule has 1 rings (SSSR count). The minimum atomic E-state index is -0.354. The molecule has 0 N–H and O–H groups in total. The van der Waals surface area contributed by atoms with Gasteiger partial charge in [0.2, 0.25) is 5.82 Å². The summed E-state index contributed by atoms with van der Waals surface area (Å²) in [5.41, 5.74) is 0.601. The molecule has 21 heavy (non-hydrogen) atoms. The van der Waals surface area contributed by atoms with Gasteiger partial charge in [-0.05, 0) is 12.3 Å². The van der Waals surface area contributed by atoms with E-state index in [0.717, 1.165) is 6.42 Å². The lowest BCUT2D eigenvalue weighted by atomic mass is 10.2. The molecular formula is C14H23N5O2. The largest absolute Gasteiger partial charge is 0.350 e. The molecular weight excluding hydrogens is 270 g/mol. The second-order valence-electron chi connectivity index (χ2n) is 5.50. The Morgan fingerprint density at radius 1 is 1.52 bits per heavy atom. The Kier molecular flexibility index (Phi) is 6.15. The number of nitriles is 1. The maximum absolute atomic E-state index is 11.5. The van der Waals surface area contributed by atoms with Crippen molar-refractivity contribution < 1.29 is 4.92 Å². The molecule has 1 aromatic rings. The van der Waals surface area contributed by atoms with Crippen molar-refractivity contribution in [2.75, 3.05) is 18.0 Å². The highest BCUT2D eigenvalue weighted by atomic mass is 16.6. The molecule has 7 heteroatoms. The molecule has 0 radical (unpaired) electrons. The van der Waals surface area contributed by atoms with Crippen molar-refractivity contribution in [1.82, 2.24) is 9.78 Å². The first-order valence-corrected chi connectivity index (χ1v) is 7.24. The Bertz CT molecular complexity index is 530. The van der Waals surface area contributed by atoms with Crippen LogP contribution in [0.4, 0.5) is 11.5 Å². The standard InChI is InChI=1S/C14H23N5O2/c1-5-7-12-13(19(20)21)14(17(4)16-12)18(9-6-8-15)10-11(2)3/h11H,5-7,9-10H2,1-4H3. The number of nitrogens with zero attached hydrogens (tertiary/aromatic N) is 5. The topological polar surface area (TPSA) is 88.0 Å². The fourth-order valence-corrected chi connectivity index (χ4v) is 2.41. The molecule has 0 fully saturated rings. The Balaban J connectivity index is 3.28.